The molecule has 11 heavy (non-hydrogen) atoms. The lowest BCUT2D eigenvalue weighted by Gasteiger charge is -2.10. The lowest BCUT2D eigenvalue weighted by atomic mass is 10.4. The Labute approximate surface area is 62.3 Å². The van der Waals surface area contributed by atoms with Gasteiger partial charge in [-0.05, 0) is 0 Å². The van der Waals surface area contributed by atoms with Gasteiger partial charge in [-0.3, -0.25) is 0 Å². The van der Waals surface area contributed by atoms with E-state index < -0.39 is 17.2 Å². The molecule has 1 nitrogen and oxygen atoms in total. The first-order chi connectivity index (χ1) is 4.15. The fraction of sp³-hybridized carbons (Fsp3) is 0.667. The molecule has 0 aliphatic carbocycles. The van der Waals surface area contributed by atoms with E-state index in [9.17, 15) is 26.3 Å². The lowest BCUT2D eigenvalue weighted by molar-refractivity contribution is -0.113. The van der Waals surface area contributed by atoms with Crippen LogP contribution < -0.4 is 0 Å². The Balaban J connectivity index is 0. The minimum Gasteiger partial charge on any atom is -0.412 e. The standard InChI is InChI=1S/C3F6S.H2O/c4-2(5,6)1(10)3(7,8)9;/h;1H2. The quantitative estimate of drug-likeness (QED) is 0.432. The van der Waals surface area contributed by atoms with Crippen LogP contribution in [0.15, 0.2) is 0 Å². The molecule has 0 amide bonds. The molecule has 8 heteroatoms. The highest BCUT2D eigenvalue weighted by Gasteiger charge is 2.51. The number of rotatable bonds is 0. The number of halogens is 6. The summed E-state index contributed by atoms with van der Waals surface area (Å²) in [5.41, 5.74) is 0. The highest BCUT2D eigenvalue weighted by Crippen LogP contribution is 2.29. The molecule has 2 N–H and O–H groups in total. The smallest absolute Gasteiger partial charge is 0.412 e. The van der Waals surface area contributed by atoms with Crippen LogP contribution in [0.5, 0.6) is 0 Å². The third kappa shape index (κ3) is 4.14. The van der Waals surface area contributed by atoms with E-state index >= 15 is 0 Å². The van der Waals surface area contributed by atoms with E-state index in [-0.39, 0.29) is 5.48 Å². The summed E-state index contributed by atoms with van der Waals surface area (Å²) in [6, 6.07) is 0. The summed E-state index contributed by atoms with van der Waals surface area (Å²) in [6.45, 7) is 0. The first-order valence-electron chi connectivity index (χ1n) is 1.84. The van der Waals surface area contributed by atoms with Crippen molar-refractivity contribution >= 4 is 17.1 Å². The van der Waals surface area contributed by atoms with Crippen molar-refractivity contribution in [1.82, 2.24) is 0 Å². The molecule has 0 saturated heterocycles. The van der Waals surface area contributed by atoms with Crippen LogP contribution in [0.4, 0.5) is 26.3 Å². The van der Waals surface area contributed by atoms with Crippen LogP contribution in [-0.4, -0.2) is 22.7 Å². The minimum atomic E-state index is -5.45. The van der Waals surface area contributed by atoms with Gasteiger partial charge in [0.25, 0.3) is 0 Å². The zero-order chi connectivity index (χ0) is 8.58. The Hall–Kier alpha value is -0.370. The maximum Gasteiger partial charge on any atom is 0.431 e. The highest BCUT2D eigenvalue weighted by atomic mass is 32.1. The van der Waals surface area contributed by atoms with Gasteiger partial charge in [-0.25, -0.2) is 0 Å². The number of alkyl halides is 6. The van der Waals surface area contributed by atoms with Gasteiger partial charge in [0.1, 0.15) is 0 Å². The van der Waals surface area contributed by atoms with Gasteiger partial charge in [0, 0.05) is 0 Å². The van der Waals surface area contributed by atoms with Crippen LogP contribution in [0.3, 0.4) is 0 Å². The lowest BCUT2D eigenvalue weighted by Crippen LogP contribution is -2.34. The molecule has 0 aromatic carbocycles. The van der Waals surface area contributed by atoms with Crippen molar-refractivity contribution in [2.75, 3.05) is 0 Å². The molecule has 0 fully saturated rings. The monoisotopic (exact) mass is 200 g/mol. The van der Waals surface area contributed by atoms with Crippen molar-refractivity contribution in [3.63, 3.8) is 0 Å². The topological polar surface area (TPSA) is 31.5 Å². The first-order valence-corrected chi connectivity index (χ1v) is 2.25. The summed E-state index contributed by atoms with van der Waals surface area (Å²) in [4.78, 5) is -2.85. The van der Waals surface area contributed by atoms with E-state index in [0.29, 0.717) is 0 Å². The average molecular weight is 200 g/mol. The maximum absolute atomic E-state index is 11.1. The Kier molecular flexibility index (Phi) is 4.03. The summed E-state index contributed by atoms with van der Waals surface area (Å²) in [5.74, 6) is 0. The molecule has 68 valence electrons. The van der Waals surface area contributed by atoms with E-state index in [1.807, 2.05) is 0 Å². The molecular formula is C3H2F6OS. The SMILES string of the molecule is FC(F)(F)C(=S)C(F)(F)F.O. The van der Waals surface area contributed by atoms with Gasteiger partial charge in [0.2, 0.25) is 0 Å². The molecule has 0 spiro atoms. The van der Waals surface area contributed by atoms with Gasteiger partial charge >= 0.3 is 12.4 Å². The second kappa shape index (κ2) is 3.35. The van der Waals surface area contributed by atoms with Gasteiger partial charge in [0.15, 0.2) is 4.86 Å². The van der Waals surface area contributed by atoms with Gasteiger partial charge in [-0.15, -0.1) is 0 Å². The molecule has 0 aliphatic rings. The molecule has 0 bridgehead atoms. The van der Waals surface area contributed by atoms with Crippen LogP contribution in [0, 0.1) is 0 Å². The zero-order valence-corrected chi connectivity index (χ0v) is 5.49. The van der Waals surface area contributed by atoms with Crippen molar-refractivity contribution < 1.29 is 31.8 Å². The highest BCUT2D eigenvalue weighted by molar-refractivity contribution is 7.80. The Morgan fingerprint density at radius 2 is 1.00 bits per heavy atom. The normalized spacial score (nSPS) is 12.2. The molecule has 0 radical (unpaired) electrons. The van der Waals surface area contributed by atoms with Gasteiger partial charge in [0.05, 0.1) is 0 Å². The van der Waals surface area contributed by atoms with Crippen molar-refractivity contribution in [3.8, 4) is 0 Å². The summed E-state index contributed by atoms with van der Waals surface area (Å²) >= 11 is 3.08. The van der Waals surface area contributed by atoms with Crippen molar-refractivity contribution in [1.29, 1.82) is 0 Å². The third-order valence-corrected chi connectivity index (χ3v) is 0.978. The fourth-order valence-electron chi connectivity index (χ4n) is 0.161. The third-order valence-electron chi connectivity index (χ3n) is 0.515. The summed E-state index contributed by atoms with van der Waals surface area (Å²) in [7, 11) is 0. The Morgan fingerprint density at radius 1 is 0.818 bits per heavy atom. The molecule has 0 aromatic heterocycles. The van der Waals surface area contributed by atoms with E-state index in [1.54, 1.807) is 0 Å². The Morgan fingerprint density at radius 3 is 1.00 bits per heavy atom. The second-order valence-corrected chi connectivity index (χ2v) is 1.73. The molecule has 0 aliphatic heterocycles. The van der Waals surface area contributed by atoms with Crippen LogP contribution >= 0.6 is 12.2 Å². The van der Waals surface area contributed by atoms with Crippen LogP contribution in [0.25, 0.3) is 0 Å². The molecule has 0 heterocycles. The molecule has 0 rings (SSSR count). The van der Waals surface area contributed by atoms with E-state index in [0.717, 1.165) is 0 Å². The van der Waals surface area contributed by atoms with Gasteiger partial charge < -0.3 is 5.48 Å². The number of thiocarbonyl (C=S) groups is 1. The second-order valence-electron chi connectivity index (χ2n) is 1.32. The molecule has 0 saturated carbocycles. The van der Waals surface area contributed by atoms with Gasteiger partial charge in [-0.1, -0.05) is 12.2 Å². The van der Waals surface area contributed by atoms with Crippen molar-refractivity contribution in [2.24, 2.45) is 0 Å². The number of hydrogen-bond acceptors (Lipinski definition) is 1. The van der Waals surface area contributed by atoms with Crippen LogP contribution in [0.2, 0.25) is 0 Å². The fourth-order valence-corrected chi connectivity index (χ4v) is 0.161. The van der Waals surface area contributed by atoms with E-state index in [2.05, 4.69) is 12.2 Å². The van der Waals surface area contributed by atoms with Crippen LogP contribution in [-0.2, 0) is 0 Å². The summed E-state index contributed by atoms with van der Waals surface area (Å²) in [6.07, 6.45) is -10.9. The first kappa shape index (κ1) is 13.2. The van der Waals surface area contributed by atoms with Crippen molar-refractivity contribution in [2.45, 2.75) is 12.4 Å². The van der Waals surface area contributed by atoms with E-state index in [1.165, 1.54) is 0 Å². The van der Waals surface area contributed by atoms with E-state index in [4.69, 9.17) is 0 Å². The summed E-state index contributed by atoms with van der Waals surface area (Å²) in [5, 5.41) is 0. The maximum atomic E-state index is 11.1. The average Bonchev–Trinajstić information content (AvgIpc) is 1.59. The van der Waals surface area contributed by atoms with Gasteiger partial charge in [-0.2, -0.15) is 26.3 Å². The van der Waals surface area contributed by atoms with Crippen LogP contribution in [0.1, 0.15) is 0 Å². The molecular weight excluding hydrogens is 198 g/mol. The zero-order valence-electron chi connectivity index (χ0n) is 4.68. The molecule has 0 unspecified atom stereocenters. The predicted octanol–water partition coefficient (Wildman–Crippen LogP) is 1.66. The molecule has 0 aromatic rings. The summed E-state index contributed by atoms with van der Waals surface area (Å²) < 4.78 is 66.5. The molecule has 0 atom stereocenters. The minimum absolute atomic E-state index is 0. The van der Waals surface area contributed by atoms with Crippen molar-refractivity contribution in [3.05, 3.63) is 0 Å². The Bertz CT molecular complexity index is 129. The largest absolute Gasteiger partial charge is 0.431 e. The predicted molar refractivity (Wildman–Crippen MR) is 28.3 cm³/mol. The number of hydrogen-bond donors (Lipinski definition) is 0.